The number of carbonyl (C=O) groups is 1. The second-order valence-corrected chi connectivity index (χ2v) is 13.5. The number of nitrogen functional groups attached to an aromatic ring is 1. The molecule has 0 aliphatic rings. The molecule has 0 aliphatic heterocycles. The molecule has 51 heavy (non-hydrogen) atoms. The number of nitrogens with zero attached hydrogens (tertiary/aromatic N) is 6. The summed E-state index contributed by atoms with van der Waals surface area (Å²) in [7, 11) is -4.81. The summed E-state index contributed by atoms with van der Waals surface area (Å²) >= 11 is 2.11. The molecule has 9 N–H and O–H groups in total. The average Bonchev–Trinajstić information content (AvgIpc) is 3.10. The van der Waals surface area contributed by atoms with Crippen LogP contribution >= 0.6 is 23.8 Å². The lowest BCUT2D eigenvalue weighted by Crippen LogP contribution is -2.34. The third kappa shape index (κ3) is 9.53. The molecule has 0 atom stereocenters. The van der Waals surface area contributed by atoms with E-state index in [2.05, 4.69) is 45.2 Å². The van der Waals surface area contributed by atoms with Gasteiger partial charge in [-0.25, -0.2) is 14.6 Å². The summed E-state index contributed by atoms with van der Waals surface area (Å²) in [6.45, 7) is 0.442. The number of pyridine rings is 1. The Morgan fingerprint density at radius 3 is 2.59 bits per heavy atom. The van der Waals surface area contributed by atoms with Crippen molar-refractivity contribution in [2.24, 2.45) is 10.2 Å². The molecule has 2 heterocycles. The van der Waals surface area contributed by atoms with Crippen LogP contribution in [0.15, 0.2) is 87.0 Å². The Morgan fingerprint density at radius 1 is 1.04 bits per heavy atom. The number of hydrogen-bond donors (Lipinski definition) is 8. The number of carboxylic acids is 1. The van der Waals surface area contributed by atoms with Gasteiger partial charge in [-0.2, -0.15) is 20.2 Å². The molecule has 0 radical (unpaired) electrons. The van der Waals surface area contributed by atoms with Crippen LogP contribution in [0.2, 0.25) is 0 Å². The predicted molar refractivity (Wildman–Crippen MR) is 186 cm³/mol. The highest BCUT2D eigenvalue weighted by Crippen LogP contribution is 2.42. The van der Waals surface area contributed by atoms with E-state index < -0.39 is 21.0 Å². The Balaban J connectivity index is 1.53. The Morgan fingerprint density at radius 2 is 1.84 bits per heavy atom. The molecule has 0 spiro atoms. The molecule has 22 heteroatoms. The van der Waals surface area contributed by atoms with Gasteiger partial charge in [0.1, 0.15) is 22.0 Å². The number of nitrogens with one attached hydrogen (secondary N) is 2. The number of phenols is 1. The lowest BCUT2D eigenvalue weighted by molar-refractivity contribution is -0.603. The van der Waals surface area contributed by atoms with Gasteiger partial charge >= 0.3 is 23.8 Å². The maximum Gasteiger partial charge on any atom is 0.444 e. The molecule has 0 saturated heterocycles. The van der Waals surface area contributed by atoms with Gasteiger partial charge in [-0.15, -0.1) is 19.5 Å². The number of azo groups is 1. The first-order valence-corrected chi connectivity index (χ1v) is 17.7. The number of rotatable bonds is 16. The molecular weight excluding hydrogens is 731 g/mol. The van der Waals surface area contributed by atoms with Gasteiger partial charge in [0.2, 0.25) is 0 Å². The predicted octanol–water partition coefficient (Wildman–Crippen LogP) is 4.26. The van der Waals surface area contributed by atoms with E-state index in [1.54, 1.807) is 18.3 Å². The number of aromatic carboxylic acids is 1. The van der Waals surface area contributed by atoms with Crippen molar-refractivity contribution in [2.45, 2.75) is 9.79 Å². The molecule has 2 aromatic heterocycles. The van der Waals surface area contributed by atoms with Crippen molar-refractivity contribution in [3.8, 4) is 11.7 Å². The first kappa shape index (κ1) is 37.1. The number of nitrogens with two attached hydrogens (primary N) is 1. The zero-order valence-corrected chi connectivity index (χ0v) is 28.4. The lowest BCUT2D eigenvalue weighted by Gasteiger charge is -2.10. The van der Waals surface area contributed by atoms with Gasteiger partial charge in [0.25, 0.3) is 10.1 Å². The zero-order valence-electron chi connectivity index (χ0n) is 25.9. The molecule has 0 bridgehead atoms. The molecule has 5 rings (SSSR count). The Labute approximate surface area is 297 Å². The molecule has 0 saturated carbocycles. The van der Waals surface area contributed by atoms with Gasteiger partial charge in [-0.05, 0) is 63.9 Å². The molecule has 0 unspecified atom stereocenters. The summed E-state index contributed by atoms with van der Waals surface area (Å²) < 4.78 is 40.4. The number of thioether (sulfide) groups is 1. The largest absolute Gasteiger partial charge is 0.507 e. The minimum atomic E-state index is -4.81. The molecule has 19 nitrogen and oxygen atoms in total. The third-order valence-corrected chi connectivity index (χ3v) is 9.08. The Kier molecular flexibility index (Phi) is 12.1. The fraction of sp³-hybridized carbons (Fsp3) is 0.138. The molecular formula is C29H28N9O10S3+. The van der Waals surface area contributed by atoms with E-state index in [4.69, 9.17) is 16.1 Å². The molecule has 0 fully saturated rings. The van der Waals surface area contributed by atoms with Crippen LogP contribution in [0.25, 0.3) is 16.7 Å². The minimum Gasteiger partial charge on any atom is -0.507 e. The van der Waals surface area contributed by atoms with Crippen LogP contribution in [0.1, 0.15) is 10.4 Å². The van der Waals surface area contributed by atoms with E-state index in [0.29, 0.717) is 40.4 Å². The number of fused-ring (bicyclic) bond motifs is 1. The van der Waals surface area contributed by atoms with Gasteiger partial charge in [0.05, 0.1) is 47.7 Å². The standard InChI is InChI=1S/C29H27N9O10S3/c30-20-5-3-16-12-19(50-48-47-43)14-22(40)24(16)25(20)37-36-21-13-18(4-6-23(21)51(44,45)46)32-28-33-27(31-7-10-49-11-9-39)34-29(35-28)38-8-1-2-17(15-38)26(41)42/h1-6,8,12-15,39H,7,9-11,30H2,(H5-,31,32,33,34,35,40,41,42,43,44,45,46)/p+1/b37-36+. The van der Waals surface area contributed by atoms with Gasteiger partial charge in [-0.3, -0.25) is 4.55 Å². The fourth-order valence-corrected chi connectivity index (χ4v) is 6.12. The molecule has 0 aliphatic carbocycles. The maximum atomic E-state index is 12.3. The van der Waals surface area contributed by atoms with Crippen LogP contribution in [-0.4, -0.2) is 79.1 Å². The number of phenolic OH excluding ortho intramolecular Hbond substituents is 1. The van der Waals surface area contributed by atoms with Crippen molar-refractivity contribution >= 4 is 85.3 Å². The number of aromatic nitrogens is 4. The van der Waals surface area contributed by atoms with Crippen LogP contribution in [0.3, 0.4) is 0 Å². The van der Waals surface area contributed by atoms with Crippen molar-refractivity contribution in [3.05, 3.63) is 72.6 Å². The molecule has 5 aromatic rings. The van der Waals surface area contributed by atoms with Crippen LogP contribution in [0.4, 0.5) is 34.6 Å². The second kappa shape index (κ2) is 16.7. The van der Waals surface area contributed by atoms with Gasteiger partial charge in [0, 0.05) is 28.6 Å². The van der Waals surface area contributed by atoms with E-state index in [1.807, 2.05) is 0 Å². The lowest BCUT2D eigenvalue weighted by atomic mass is 10.1. The summed E-state index contributed by atoms with van der Waals surface area (Å²) in [5.74, 6) is -0.172. The van der Waals surface area contributed by atoms with Crippen LogP contribution in [0.5, 0.6) is 5.75 Å². The molecule has 0 amide bonds. The van der Waals surface area contributed by atoms with Gasteiger partial charge in [-0.1, -0.05) is 11.1 Å². The van der Waals surface area contributed by atoms with E-state index in [-0.39, 0.29) is 63.9 Å². The Bertz CT molecular complexity index is 2210. The highest BCUT2D eigenvalue weighted by Gasteiger charge is 2.22. The maximum absolute atomic E-state index is 12.3. The summed E-state index contributed by atoms with van der Waals surface area (Å²) in [6, 6.07) is 12.5. The normalized spacial score (nSPS) is 11.7. The second-order valence-electron chi connectivity index (χ2n) is 10.1. The topological polar surface area (TPSA) is 288 Å². The van der Waals surface area contributed by atoms with E-state index in [1.165, 1.54) is 58.9 Å². The number of hydrogen-bond acceptors (Lipinski definition) is 18. The molecule has 266 valence electrons. The van der Waals surface area contributed by atoms with E-state index in [9.17, 15) is 28.0 Å². The first-order chi connectivity index (χ1) is 24.5. The van der Waals surface area contributed by atoms with Crippen LogP contribution in [0, 0.1) is 0 Å². The summed E-state index contributed by atoms with van der Waals surface area (Å²) in [5, 5.41) is 56.1. The van der Waals surface area contributed by atoms with Gasteiger partial charge < -0.3 is 31.7 Å². The Hall–Kier alpha value is -5.20. The average molecular weight is 759 g/mol. The van der Waals surface area contributed by atoms with Crippen molar-refractivity contribution in [1.82, 2.24) is 15.0 Å². The van der Waals surface area contributed by atoms with Crippen molar-refractivity contribution in [1.29, 1.82) is 0 Å². The van der Waals surface area contributed by atoms with E-state index >= 15 is 0 Å². The first-order valence-electron chi connectivity index (χ1n) is 14.4. The van der Waals surface area contributed by atoms with Gasteiger partial charge in [0.15, 0.2) is 0 Å². The minimum absolute atomic E-state index is 0.0175. The quantitative estimate of drug-likeness (QED) is 0.0102. The fourth-order valence-electron chi connectivity index (χ4n) is 4.49. The number of benzene rings is 3. The monoisotopic (exact) mass is 758 g/mol. The number of aliphatic hydroxyl groups excluding tert-OH is 1. The summed E-state index contributed by atoms with van der Waals surface area (Å²) in [6.07, 6.45) is 2.86. The van der Waals surface area contributed by atoms with Crippen LogP contribution in [-0.2, 0) is 19.5 Å². The number of aromatic hydroxyl groups is 1. The highest BCUT2D eigenvalue weighted by atomic mass is 32.2. The van der Waals surface area contributed by atoms with E-state index in [0.717, 1.165) is 6.07 Å². The highest BCUT2D eigenvalue weighted by molar-refractivity contribution is 7.99. The molecule has 3 aromatic carbocycles. The van der Waals surface area contributed by atoms with Crippen molar-refractivity contribution in [3.63, 3.8) is 0 Å². The number of aliphatic hydroxyl groups is 1. The van der Waals surface area contributed by atoms with Crippen molar-refractivity contribution < 1.29 is 52.3 Å². The smallest absolute Gasteiger partial charge is 0.444 e. The number of anilines is 4. The third-order valence-electron chi connectivity index (χ3n) is 6.65. The summed E-state index contributed by atoms with van der Waals surface area (Å²) in [4.78, 5) is 24.5. The SMILES string of the molecule is Nc1ccc2cc(SOOO)cc(O)c2c1/N=N/c1cc(Nc2nc(NCCSCCO)nc(-[n+]3cccc(C(=O)O)c3)n2)ccc1S(=O)(=O)O. The van der Waals surface area contributed by atoms with Crippen molar-refractivity contribution in [2.75, 3.05) is 41.0 Å². The van der Waals surface area contributed by atoms with Crippen LogP contribution < -0.4 is 20.9 Å². The zero-order chi connectivity index (χ0) is 36.5. The summed E-state index contributed by atoms with van der Waals surface area (Å²) in [5.41, 5.74) is 6.06. The number of carboxylic acid groups (broad SMARTS) is 1.